The number of hydrogen-bond donors (Lipinski definition) is 2. The Labute approximate surface area is 114 Å². The summed E-state index contributed by atoms with van der Waals surface area (Å²) in [5.41, 5.74) is 0.196. The van der Waals surface area contributed by atoms with Crippen LogP contribution in [0.25, 0.3) is 0 Å². The van der Waals surface area contributed by atoms with Gasteiger partial charge in [0.1, 0.15) is 11.4 Å². The van der Waals surface area contributed by atoms with E-state index in [9.17, 15) is 9.90 Å². The lowest BCUT2D eigenvalue weighted by molar-refractivity contribution is -0.143. The molecule has 0 aliphatic heterocycles. The minimum absolute atomic E-state index is 0.301. The molecule has 106 valence electrons. The standard InChI is InChI=1S/C15H22O4/c1-5-15(18,9-14(16)17)12-8-11(10(2)3)6-7-13(12)19-4/h6-8,10,18H,5,9H2,1-4H3,(H,16,17). The van der Waals surface area contributed by atoms with E-state index in [1.807, 2.05) is 26.0 Å². The first-order valence-corrected chi connectivity index (χ1v) is 6.46. The van der Waals surface area contributed by atoms with E-state index < -0.39 is 11.6 Å². The zero-order valence-corrected chi connectivity index (χ0v) is 11.9. The van der Waals surface area contributed by atoms with Gasteiger partial charge in [0.25, 0.3) is 0 Å². The molecule has 1 unspecified atom stereocenters. The normalized spacial score (nSPS) is 14.2. The number of aliphatic hydroxyl groups is 1. The summed E-state index contributed by atoms with van der Waals surface area (Å²) in [6, 6.07) is 5.56. The van der Waals surface area contributed by atoms with Gasteiger partial charge in [-0.3, -0.25) is 4.79 Å². The second kappa shape index (κ2) is 6.06. The lowest BCUT2D eigenvalue weighted by atomic mass is 9.85. The van der Waals surface area contributed by atoms with Crippen LogP contribution in [-0.2, 0) is 10.4 Å². The van der Waals surface area contributed by atoms with Crippen molar-refractivity contribution >= 4 is 5.97 Å². The van der Waals surface area contributed by atoms with E-state index in [0.717, 1.165) is 5.56 Å². The molecule has 0 saturated heterocycles. The highest BCUT2D eigenvalue weighted by Gasteiger charge is 2.33. The molecule has 4 heteroatoms. The molecule has 1 aromatic rings. The van der Waals surface area contributed by atoms with Crippen LogP contribution in [-0.4, -0.2) is 23.3 Å². The number of carbonyl (C=O) groups is 1. The Hall–Kier alpha value is -1.55. The van der Waals surface area contributed by atoms with Gasteiger partial charge in [0.05, 0.1) is 13.5 Å². The van der Waals surface area contributed by atoms with Gasteiger partial charge < -0.3 is 14.9 Å². The fourth-order valence-corrected chi connectivity index (χ4v) is 2.11. The van der Waals surface area contributed by atoms with Gasteiger partial charge in [-0.05, 0) is 30.0 Å². The van der Waals surface area contributed by atoms with Crippen molar-refractivity contribution in [2.24, 2.45) is 0 Å². The maximum atomic E-state index is 11.0. The Morgan fingerprint density at radius 2 is 2.05 bits per heavy atom. The SMILES string of the molecule is CCC(O)(CC(=O)O)c1cc(C(C)C)ccc1OC. The number of aliphatic carboxylic acids is 1. The summed E-state index contributed by atoms with van der Waals surface area (Å²) < 4.78 is 5.26. The predicted molar refractivity (Wildman–Crippen MR) is 73.5 cm³/mol. The van der Waals surface area contributed by atoms with Gasteiger partial charge in [-0.15, -0.1) is 0 Å². The van der Waals surface area contributed by atoms with Crippen LogP contribution >= 0.6 is 0 Å². The van der Waals surface area contributed by atoms with E-state index in [1.165, 1.54) is 7.11 Å². The van der Waals surface area contributed by atoms with Crippen LogP contribution in [0.1, 0.15) is 50.7 Å². The molecule has 0 heterocycles. The number of carboxylic acids is 1. The van der Waals surface area contributed by atoms with Crippen molar-refractivity contribution in [2.45, 2.75) is 45.1 Å². The minimum atomic E-state index is -1.40. The van der Waals surface area contributed by atoms with E-state index in [2.05, 4.69) is 0 Å². The molecule has 0 radical (unpaired) electrons. The van der Waals surface area contributed by atoms with E-state index in [-0.39, 0.29) is 6.42 Å². The number of hydrogen-bond acceptors (Lipinski definition) is 3. The fourth-order valence-electron chi connectivity index (χ4n) is 2.11. The highest BCUT2D eigenvalue weighted by Crippen LogP contribution is 2.37. The van der Waals surface area contributed by atoms with Crippen molar-refractivity contribution < 1.29 is 19.7 Å². The Morgan fingerprint density at radius 1 is 1.42 bits per heavy atom. The largest absolute Gasteiger partial charge is 0.496 e. The van der Waals surface area contributed by atoms with Gasteiger partial charge >= 0.3 is 5.97 Å². The fraction of sp³-hybridized carbons (Fsp3) is 0.533. The van der Waals surface area contributed by atoms with Crippen LogP contribution in [0.2, 0.25) is 0 Å². The average molecular weight is 266 g/mol. The maximum Gasteiger partial charge on any atom is 0.306 e. The summed E-state index contributed by atoms with van der Waals surface area (Å²) in [4.78, 5) is 11.0. The lowest BCUT2D eigenvalue weighted by Crippen LogP contribution is -2.29. The number of benzene rings is 1. The Morgan fingerprint density at radius 3 is 2.47 bits per heavy atom. The molecule has 0 saturated carbocycles. The van der Waals surface area contributed by atoms with Gasteiger partial charge in [-0.1, -0.05) is 26.8 Å². The number of methoxy groups -OCH3 is 1. The van der Waals surface area contributed by atoms with Crippen LogP contribution in [0.15, 0.2) is 18.2 Å². The summed E-state index contributed by atoms with van der Waals surface area (Å²) in [5, 5.41) is 19.6. The van der Waals surface area contributed by atoms with Gasteiger partial charge in [0.2, 0.25) is 0 Å². The van der Waals surface area contributed by atoms with Gasteiger partial charge in [-0.2, -0.15) is 0 Å². The molecule has 2 N–H and O–H groups in total. The van der Waals surface area contributed by atoms with Crippen LogP contribution in [0, 0.1) is 0 Å². The number of rotatable bonds is 6. The van der Waals surface area contributed by atoms with Crippen LogP contribution in [0.3, 0.4) is 0 Å². The second-order valence-corrected chi connectivity index (χ2v) is 5.07. The van der Waals surface area contributed by atoms with Gasteiger partial charge in [0, 0.05) is 5.56 Å². The zero-order valence-electron chi connectivity index (χ0n) is 11.9. The summed E-state index contributed by atoms with van der Waals surface area (Å²) in [6.07, 6.45) is -0.0153. The lowest BCUT2D eigenvalue weighted by Gasteiger charge is -2.28. The maximum absolute atomic E-state index is 11.0. The molecule has 0 aliphatic carbocycles. The minimum Gasteiger partial charge on any atom is -0.496 e. The molecule has 0 aromatic heterocycles. The van der Waals surface area contributed by atoms with Crippen molar-refractivity contribution in [1.29, 1.82) is 0 Å². The second-order valence-electron chi connectivity index (χ2n) is 5.07. The summed E-state index contributed by atoms with van der Waals surface area (Å²) in [5.74, 6) is -0.202. The molecule has 4 nitrogen and oxygen atoms in total. The molecule has 1 aromatic carbocycles. The summed E-state index contributed by atoms with van der Waals surface area (Å²) >= 11 is 0. The molecular formula is C15H22O4. The molecule has 0 fully saturated rings. The number of carboxylic acid groups (broad SMARTS) is 1. The molecule has 0 spiro atoms. The van der Waals surface area contributed by atoms with Crippen molar-refractivity contribution in [1.82, 2.24) is 0 Å². The van der Waals surface area contributed by atoms with Crippen molar-refractivity contribution in [2.75, 3.05) is 7.11 Å². The smallest absolute Gasteiger partial charge is 0.306 e. The van der Waals surface area contributed by atoms with E-state index >= 15 is 0 Å². The Balaban J connectivity index is 3.34. The Bertz CT molecular complexity index is 453. The monoisotopic (exact) mass is 266 g/mol. The highest BCUT2D eigenvalue weighted by molar-refractivity contribution is 5.69. The molecule has 1 atom stereocenters. The highest BCUT2D eigenvalue weighted by atomic mass is 16.5. The third-order valence-electron chi connectivity index (χ3n) is 3.42. The summed E-state index contributed by atoms with van der Waals surface area (Å²) in [7, 11) is 1.52. The summed E-state index contributed by atoms with van der Waals surface area (Å²) in [6.45, 7) is 5.87. The molecule has 0 bridgehead atoms. The van der Waals surface area contributed by atoms with Crippen LogP contribution in [0.4, 0.5) is 0 Å². The average Bonchev–Trinajstić information content (AvgIpc) is 2.36. The topological polar surface area (TPSA) is 66.8 Å². The first kappa shape index (κ1) is 15.5. The van der Waals surface area contributed by atoms with Gasteiger partial charge in [-0.25, -0.2) is 0 Å². The number of ether oxygens (including phenoxy) is 1. The quantitative estimate of drug-likeness (QED) is 0.830. The van der Waals surface area contributed by atoms with E-state index in [0.29, 0.717) is 23.7 Å². The molecular weight excluding hydrogens is 244 g/mol. The molecule has 19 heavy (non-hydrogen) atoms. The van der Waals surface area contributed by atoms with Crippen LogP contribution in [0.5, 0.6) is 5.75 Å². The van der Waals surface area contributed by atoms with Crippen LogP contribution < -0.4 is 4.74 Å². The third-order valence-corrected chi connectivity index (χ3v) is 3.42. The molecule has 1 rings (SSSR count). The molecule has 0 aliphatic rings. The first-order chi connectivity index (χ1) is 8.84. The third kappa shape index (κ3) is 3.47. The van der Waals surface area contributed by atoms with E-state index in [1.54, 1.807) is 13.0 Å². The first-order valence-electron chi connectivity index (χ1n) is 6.46. The van der Waals surface area contributed by atoms with Crippen molar-refractivity contribution in [3.63, 3.8) is 0 Å². The zero-order chi connectivity index (χ0) is 14.6. The molecule has 0 amide bonds. The van der Waals surface area contributed by atoms with Crippen molar-refractivity contribution in [3.8, 4) is 5.75 Å². The van der Waals surface area contributed by atoms with Crippen molar-refractivity contribution in [3.05, 3.63) is 29.3 Å². The Kier molecular flexibility index (Phi) is 4.95. The van der Waals surface area contributed by atoms with Gasteiger partial charge in [0.15, 0.2) is 0 Å². The predicted octanol–water partition coefficient (Wildman–Crippen LogP) is 2.89. The van der Waals surface area contributed by atoms with E-state index in [4.69, 9.17) is 9.84 Å².